The number of thiazole rings is 1. The lowest BCUT2D eigenvalue weighted by atomic mass is 10.1. The van der Waals surface area contributed by atoms with Gasteiger partial charge in [0.25, 0.3) is 0 Å². The minimum atomic E-state index is -0.249. The fraction of sp³-hybridized carbons (Fsp3) is 0. The number of hydrogen-bond acceptors (Lipinski definition) is 5. The van der Waals surface area contributed by atoms with Crippen LogP contribution in [0.4, 0.5) is 5.69 Å². The second-order valence-corrected chi connectivity index (χ2v) is 8.97. The van der Waals surface area contributed by atoms with Gasteiger partial charge in [0, 0.05) is 26.6 Å². The fourth-order valence-electron chi connectivity index (χ4n) is 3.44. The van der Waals surface area contributed by atoms with Gasteiger partial charge in [-0.15, -0.1) is 11.3 Å². The molecule has 0 saturated heterocycles. The maximum Gasteiger partial charge on any atom is 0.213 e. The maximum atomic E-state index is 13.5. The lowest BCUT2D eigenvalue weighted by Crippen LogP contribution is -2.11. The lowest BCUT2D eigenvalue weighted by Gasteiger charge is -2.07. The number of aromatic nitrogens is 3. The molecule has 0 radical (unpaired) electrons. The quantitative estimate of drug-likeness (QED) is 0.275. The number of para-hydroxylation sites is 1. The molecule has 5 nitrogen and oxygen atoms in total. The first kappa shape index (κ1) is 21.4. The van der Waals surface area contributed by atoms with E-state index in [0.29, 0.717) is 26.3 Å². The molecule has 0 unspecified atom stereocenters. The normalized spacial score (nSPS) is 11.0. The molecule has 33 heavy (non-hydrogen) atoms. The molecule has 162 valence electrons. The largest absolute Gasteiger partial charge is 0.395 e. The molecule has 0 aliphatic heterocycles. The molecule has 0 fully saturated rings. The van der Waals surface area contributed by atoms with Crippen molar-refractivity contribution in [2.75, 3.05) is 5.73 Å². The van der Waals surface area contributed by atoms with Crippen LogP contribution in [0.25, 0.3) is 27.6 Å². The SMILES string of the molecule is Nc1c(-c2nc(-c3ccc(Cl)cc3)cs2)nn(-c2ccccc2)c1C(=O)c1ccc(Cl)cc1. The molecule has 0 amide bonds. The summed E-state index contributed by atoms with van der Waals surface area (Å²) >= 11 is 13.4. The number of nitrogen functional groups attached to an aromatic ring is 1. The number of carbonyl (C=O) groups excluding carboxylic acids is 1. The van der Waals surface area contributed by atoms with Gasteiger partial charge in [-0.3, -0.25) is 4.79 Å². The van der Waals surface area contributed by atoms with E-state index in [1.54, 1.807) is 28.9 Å². The molecule has 0 aliphatic rings. The van der Waals surface area contributed by atoms with Gasteiger partial charge in [0.15, 0.2) is 0 Å². The van der Waals surface area contributed by atoms with E-state index >= 15 is 0 Å². The number of nitrogens with zero attached hydrogens (tertiary/aromatic N) is 3. The molecule has 0 atom stereocenters. The second kappa shape index (κ2) is 8.83. The zero-order valence-electron chi connectivity index (χ0n) is 17.1. The average Bonchev–Trinajstić information content (AvgIpc) is 3.45. The van der Waals surface area contributed by atoms with E-state index in [2.05, 4.69) is 0 Å². The monoisotopic (exact) mass is 490 g/mol. The van der Waals surface area contributed by atoms with Gasteiger partial charge in [-0.25, -0.2) is 9.67 Å². The van der Waals surface area contributed by atoms with Crippen LogP contribution in [0.3, 0.4) is 0 Å². The van der Waals surface area contributed by atoms with E-state index in [9.17, 15) is 4.79 Å². The summed E-state index contributed by atoms with van der Waals surface area (Å²) in [6.07, 6.45) is 0. The van der Waals surface area contributed by atoms with Crippen LogP contribution >= 0.6 is 34.5 Å². The smallest absolute Gasteiger partial charge is 0.213 e. The first-order chi connectivity index (χ1) is 16.0. The predicted octanol–water partition coefficient (Wildman–Crippen LogP) is 6.78. The summed E-state index contributed by atoms with van der Waals surface area (Å²) in [5, 5.41) is 8.47. The van der Waals surface area contributed by atoms with Gasteiger partial charge < -0.3 is 5.73 Å². The van der Waals surface area contributed by atoms with Crippen molar-refractivity contribution in [2.24, 2.45) is 0 Å². The van der Waals surface area contributed by atoms with Crippen molar-refractivity contribution in [3.63, 3.8) is 0 Å². The molecule has 8 heteroatoms. The molecule has 5 rings (SSSR count). The van der Waals surface area contributed by atoms with Crippen molar-refractivity contribution >= 4 is 46.0 Å². The van der Waals surface area contributed by atoms with E-state index in [1.165, 1.54) is 11.3 Å². The van der Waals surface area contributed by atoms with E-state index in [4.69, 9.17) is 39.0 Å². The van der Waals surface area contributed by atoms with Crippen LogP contribution in [0.15, 0.2) is 84.2 Å². The summed E-state index contributed by atoms with van der Waals surface area (Å²) in [7, 11) is 0. The van der Waals surface area contributed by atoms with Crippen molar-refractivity contribution in [1.82, 2.24) is 14.8 Å². The molecule has 0 aliphatic carbocycles. The maximum absolute atomic E-state index is 13.5. The highest BCUT2D eigenvalue weighted by Gasteiger charge is 2.26. The number of nitrogens with two attached hydrogens (primary N) is 1. The molecule has 5 aromatic rings. The minimum absolute atomic E-state index is 0.249. The summed E-state index contributed by atoms with van der Waals surface area (Å²) in [6.45, 7) is 0. The Labute approximate surface area is 204 Å². The number of rotatable bonds is 5. The van der Waals surface area contributed by atoms with Gasteiger partial charge in [-0.1, -0.05) is 53.5 Å². The summed E-state index contributed by atoms with van der Waals surface area (Å²) in [6, 6.07) is 23.5. The number of ketones is 1. The van der Waals surface area contributed by atoms with Crippen molar-refractivity contribution in [2.45, 2.75) is 0 Å². The molecular formula is C25H16Cl2N4OS. The van der Waals surface area contributed by atoms with Crippen molar-refractivity contribution in [3.05, 3.63) is 106 Å². The van der Waals surface area contributed by atoms with Crippen LogP contribution in [0.2, 0.25) is 10.0 Å². The molecule has 2 aromatic heterocycles. The van der Waals surface area contributed by atoms with Gasteiger partial charge in [0.05, 0.1) is 17.1 Å². The van der Waals surface area contributed by atoms with E-state index in [1.807, 2.05) is 60.0 Å². The highest BCUT2D eigenvalue weighted by Crippen LogP contribution is 2.35. The Kier molecular flexibility index (Phi) is 5.72. The number of halogens is 2. The van der Waals surface area contributed by atoms with Crippen LogP contribution in [-0.4, -0.2) is 20.5 Å². The Bertz CT molecular complexity index is 1440. The first-order valence-electron chi connectivity index (χ1n) is 9.97. The standard InChI is InChI=1S/C25H16Cl2N4OS/c26-17-10-6-15(7-11-17)20-14-33-25(29-20)22-21(28)23(24(32)16-8-12-18(27)13-9-16)31(30-22)19-4-2-1-3-5-19/h1-14H,28H2. The molecule has 0 saturated carbocycles. The topological polar surface area (TPSA) is 73.8 Å². The summed E-state index contributed by atoms with van der Waals surface area (Å²) in [5.41, 5.74) is 10.4. The Hall–Kier alpha value is -3.45. The molecular weight excluding hydrogens is 475 g/mol. The van der Waals surface area contributed by atoms with Crippen LogP contribution in [0, 0.1) is 0 Å². The van der Waals surface area contributed by atoms with Gasteiger partial charge in [0.2, 0.25) is 5.78 Å². The Balaban J connectivity index is 1.63. The number of carbonyl (C=O) groups is 1. The third-order valence-electron chi connectivity index (χ3n) is 5.09. The minimum Gasteiger partial charge on any atom is -0.395 e. The Morgan fingerprint density at radius 2 is 1.52 bits per heavy atom. The van der Waals surface area contributed by atoms with Gasteiger partial charge in [-0.05, 0) is 48.5 Å². The highest BCUT2D eigenvalue weighted by atomic mass is 35.5. The van der Waals surface area contributed by atoms with Crippen molar-refractivity contribution in [3.8, 4) is 27.6 Å². The second-order valence-electron chi connectivity index (χ2n) is 7.24. The van der Waals surface area contributed by atoms with Crippen LogP contribution < -0.4 is 5.73 Å². The number of anilines is 1. The number of hydrogen-bond donors (Lipinski definition) is 1. The summed E-state index contributed by atoms with van der Waals surface area (Å²) in [5.74, 6) is -0.249. The summed E-state index contributed by atoms with van der Waals surface area (Å²) < 4.78 is 1.57. The molecule has 0 spiro atoms. The molecule has 0 bridgehead atoms. The number of benzene rings is 3. The average molecular weight is 491 g/mol. The Morgan fingerprint density at radius 1 is 0.879 bits per heavy atom. The van der Waals surface area contributed by atoms with Gasteiger partial charge >= 0.3 is 0 Å². The predicted molar refractivity (Wildman–Crippen MR) is 134 cm³/mol. The fourth-order valence-corrected chi connectivity index (χ4v) is 4.51. The molecule has 2 heterocycles. The van der Waals surface area contributed by atoms with Crippen molar-refractivity contribution < 1.29 is 4.79 Å². The Morgan fingerprint density at radius 3 is 2.18 bits per heavy atom. The van der Waals surface area contributed by atoms with Crippen LogP contribution in [0.1, 0.15) is 16.1 Å². The summed E-state index contributed by atoms with van der Waals surface area (Å²) in [4.78, 5) is 18.2. The third kappa shape index (κ3) is 4.16. The van der Waals surface area contributed by atoms with E-state index < -0.39 is 0 Å². The third-order valence-corrected chi connectivity index (χ3v) is 6.44. The lowest BCUT2D eigenvalue weighted by molar-refractivity contribution is 0.103. The highest BCUT2D eigenvalue weighted by molar-refractivity contribution is 7.13. The van der Waals surface area contributed by atoms with Gasteiger partial charge in [-0.2, -0.15) is 5.10 Å². The first-order valence-corrected chi connectivity index (χ1v) is 11.6. The molecule has 3 aromatic carbocycles. The van der Waals surface area contributed by atoms with Crippen LogP contribution in [-0.2, 0) is 0 Å². The van der Waals surface area contributed by atoms with Crippen LogP contribution in [0.5, 0.6) is 0 Å². The van der Waals surface area contributed by atoms with E-state index in [0.717, 1.165) is 16.9 Å². The molecule has 2 N–H and O–H groups in total. The van der Waals surface area contributed by atoms with E-state index in [-0.39, 0.29) is 17.2 Å². The zero-order valence-corrected chi connectivity index (χ0v) is 19.4. The van der Waals surface area contributed by atoms with Crippen molar-refractivity contribution in [1.29, 1.82) is 0 Å². The van der Waals surface area contributed by atoms with Gasteiger partial charge in [0.1, 0.15) is 16.4 Å². The zero-order chi connectivity index (χ0) is 22.9.